The van der Waals surface area contributed by atoms with E-state index in [1.165, 1.54) is 6.42 Å². The van der Waals surface area contributed by atoms with Gasteiger partial charge in [0.1, 0.15) is 19.0 Å². The van der Waals surface area contributed by atoms with E-state index in [1.807, 2.05) is 60.4 Å². The number of morpholine rings is 1. The second kappa shape index (κ2) is 13.4. The molecule has 0 spiro atoms. The van der Waals surface area contributed by atoms with Crippen LogP contribution in [0.2, 0.25) is 0 Å². The Labute approximate surface area is 208 Å². The number of hydrogen-bond donors (Lipinski definition) is 0. The summed E-state index contributed by atoms with van der Waals surface area (Å²) < 4.78 is 22.8. The van der Waals surface area contributed by atoms with E-state index in [0.29, 0.717) is 42.8 Å². The number of carbonyl (C=O) groups is 1. The van der Waals surface area contributed by atoms with Crippen molar-refractivity contribution in [3.63, 3.8) is 0 Å². The maximum absolute atomic E-state index is 13.2. The molecule has 0 aliphatic carbocycles. The first-order valence-electron chi connectivity index (χ1n) is 12.9. The minimum absolute atomic E-state index is 0.0662. The minimum Gasteiger partial charge on any atom is -0.490 e. The van der Waals surface area contributed by atoms with Gasteiger partial charge in [-0.05, 0) is 69.0 Å². The Balaban J connectivity index is 1.25. The highest BCUT2D eigenvalue weighted by atomic mass is 16.5. The van der Waals surface area contributed by atoms with Gasteiger partial charge in [0, 0.05) is 31.7 Å². The molecule has 2 aromatic rings. The van der Waals surface area contributed by atoms with Gasteiger partial charge < -0.3 is 23.8 Å². The van der Waals surface area contributed by atoms with Crippen LogP contribution in [0.5, 0.6) is 17.2 Å². The van der Waals surface area contributed by atoms with Crippen molar-refractivity contribution < 1.29 is 23.7 Å². The van der Waals surface area contributed by atoms with E-state index < -0.39 is 0 Å². The molecule has 0 aromatic heterocycles. The van der Waals surface area contributed by atoms with Crippen LogP contribution >= 0.6 is 0 Å². The first kappa shape index (κ1) is 25.3. The molecular formula is C28H38N2O5. The molecule has 2 aromatic carbocycles. The minimum atomic E-state index is 0.0662. The van der Waals surface area contributed by atoms with Crippen molar-refractivity contribution in [2.24, 2.45) is 5.92 Å². The lowest BCUT2D eigenvalue weighted by Gasteiger charge is -2.34. The summed E-state index contributed by atoms with van der Waals surface area (Å²) in [5.74, 6) is 2.79. The van der Waals surface area contributed by atoms with Gasteiger partial charge in [0.25, 0.3) is 5.91 Å². The molecule has 35 heavy (non-hydrogen) atoms. The molecule has 4 rings (SSSR count). The van der Waals surface area contributed by atoms with Crippen LogP contribution in [0, 0.1) is 5.92 Å². The predicted molar refractivity (Wildman–Crippen MR) is 136 cm³/mol. The van der Waals surface area contributed by atoms with Crippen LogP contribution in [0.3, 0.4) is 0 Å². The van der Waals surface area contributed by atoms with Crippen molar-refractivity contribution in [3.05, 3.63) is 54.1 Å². The fourth-order valence-electron chi connectivity index (χ4n) is 4.65. The van der Waals surface area contributed by atoms with Crippen molar-refractivity contribution >= 4 is 5.91 Å². The van der Waals surface area contributed by atoms with Crippen LogP contribution in [-0.4, -0.2) is 81.5 Å². The Morgan fingerprint density at radius 3 is 2.40 bits per heavy atom. The second-order valence-electron chi connectivity index (χ2n) is 9.08. The van der Waals surface area contributed by atoms with Gasteiger partial charge in [0.05, 0.1) is 19.8 Å². The molecule has 7 nitrogen and oxygen atoms in total. The number of likely N-dealkylation sites (tertiary alicyclic amines) is 1. The van der Waals surface area contributed by atoms with E-state index in [0.717, 1.165) is 64.5 Å². The number of amides is 1. The number of hydrogen-bond acceptors (Lipinski definition) is 6. The lowest BCUT2D eigenvalue weighted by molar-refractivity contribution is 0.0332. The SMILES string of the molecule is CCOc1cc(C(=O)N2CCC(CCN3CCOCC3)CC2)ccc1OCCOc1ccccc1. The molecule has 0 atom stereocenters. The Bertz CT molecular complexity index is 909. The summed E-state index contributed by atoms with van der Waals surface area (Å²) in [5.41, 5.74) is 0.646. The lowest BCUT2D eigenvalue weighted by Crippen LogP contribution is -2.40. The number of benzene rings is 2. The molecule has 0 saturated carbocycles. The largest absolute Gasteiger partial charge is 0.490 e. The number of piperidine rings is 1. The summed E-state index contributed by atoms with van der Waals surface area (Å²) in [4.78, 5) is 17.7. The molecule has 0 N–H and O–H groups in total. The molecule has 1 amide bonds. The second-order valence-corrected chi connectivity index (χ2v) is 9.08. The van der Waals surface area contributed by atoms with Crippen molar-refractivity contribution in [1.82, 2.24) is 9.80 Å². The van der Waals surface area contributed by atoms with E-state index in [9.17, 15) is 4.79 Å². The predicted octanol–water partition coefficient (Wildman–Crippen LogP) is 4.12. The zero-order valence-corrected chi connectivity index (χ0v) is 20.8. The van der Waals surface area contributed by atoms with E-state index in [-0.39, 0.29) is 5.91 Å². The summed E-state index contributed by atoms with van der Waals surface area (Å²) in [6.07, 6.45) is 3.34. The monoisotopic (exact) mass is 482 g/mol. The molecule has 2 aliphatic rings. The quantitative estimate of drug-likeness (QED) is 0.449. The first-order chi connectivity index (χ1) is 17.2. The summed E-state index contributed by atoms with van der Waals surface area (Å²) >= 11 is 0. The molecule has 2 fully saturated rings. The third-order valence-electron chi connectivity index (χ3n) is 6.70. The molecular weight excluding hydrogens is 444 g/mol. The van der Waals surface area contributed by atoms with Crippen LogP contribution in [0.4, 0.5) is 0 Å². The number of nitrogens with zero attached hydrogens (tertiary/aromatic N) is 2. The standard InChI is InChI=1S/C28H38N2O5/c1-2-33-27-22-24(8-9-26(27)35-21-20-34-25-6-4-3-5-7-25)28(31)30-14-11-23(12-15-30)10-13-29-16-18-32-19-17-29/h3-9,22-23H,2,10-21H2,1H3. The molecule has 0 bridgehead atoms. The average molecular weight is 483 g/mol. The Hall–Kier alpha value is -2.77. The van der Waals surface area contributed by atoms with Crippen molar-refractivity contribution in [2.45, 2.75) is 26.2 Å². The highest BCUT2D eigenvalue weighted by Gasteiger charge is 2.25. The van der Waals surface area contributed by atoms with Crippen LogP contribution in [0.25, 0.3) is 0 Å². The highest BCUT2D eigenvalue weighted by molar-refractivity contribution is 5.95. The van der Waals surface area contributed by atoms with Gasteiger partial charge in [-0.15, -0.1) is 0 Å². The summed E-state index contributed by atoms with van der Waals surface area (Å²) in [6, 6.07) is 15.1. The van der Waals surface area contributed by atoms with E-state index in [4.69, 9.17) is 18.9 Å². The van der Waals surface area contributed by atoms with Crippen molar-refractivity contribution in [1.29, 1.82) is 0 Å². The third kappa shape index (κ3) is 7.61. The van der Waals surface area contributed by atoms with Gasteiger partial charge in [-0.25, -0.2) is 0 Å². The van der Waals surface area contributed by atoms with Crippen molar-refractivity contribution in [2.75, 3.05) is 65.8 Å². The molecule has 190 valence electrons. The molecule has 7 heteroatoms. The summed E-state index contributed by atoms with van der Waals surface area (Å²) in [7, 11) is 0. The molecule has 2 heterocycles. The fourth-order valence-corrected chi connectivity index (χ4v) is 4.65. The van der Waals surface area contributed by atoms with E-state index in [2.05, 4.69) is 4.90 Å². The van der Waals surface area contributed by atoms with Gasteiger partial charge in [-0.3, -0.25) is 9.69 Å². The Morgan fingerprint density at radius 2 is 1.66 bits per heavy atom. The number of ether oxygens (including phenoxy) is 4. The van der Waals surface area contributed by atoms with Gasteiger partial charge in [-0.1, -0.05) is 18.2 Å². The smallest absolute Gasteiger partial charge is 0.253 e. The molecule has 0 unspecified atom stereocenters. The third-order valence-corrected chi connectivity index (χ3v) is 6.70. The van der Waals surface area contributed by atoms with Crippen LogP contribution < -0.4 is 14.2 Å². The topological polar surface area (TPSA) is 60.5 Å². The molecule has 0 radical (unpaired) electrons. The average Bonchev–Trinajstić information content (AvgIpc) is 2.92. The van der Waals surface area contributed by atoms with Crippen LogP contribution in [0.15, 0.2) is 48.5 Å². The van der Waals surface area contributed by atoms with Gasteiger partial charge >= 0.3 is 0 Å². The lowest BCUT2D eigenvalue weighted by atomic mass is 9.93. The fraction of sp³-hybridized carbons (Fsp3) is 0.536. The zero-order chi connectivity index (χ0) is 24.3. The molecule has 2 aliphatic heterocycles. The maximum Gasteiger partial charge on any atom is 0.253 e. The summed E-state index contributed by atoms with van der Waals surface area (Å²) in [6.45, 7) is 9.79. The number of carbonyl (C=O) groups excluding carboxylic acids is 1. The van der Waals surface area contributed by atoms with Crippen molar-refractivity contribution in [3.8, 4) is 17.2 Å². The Kier molecular flexibility index (Phi) is 9.66. The normalized spacial score (nSPS) is 17.2. The Morgan fingerprint density at radius 1 is 0.914 bits per heavy atom. The highest BCUT2D eigenvalue weighted by Crippen LogP contribution is 2.30. The van der Waals surface area contributed by atoms with Gasteiger partial charge in [0.2, 0.25) is 0 Å². The maximum atomic E-state index is 13.2. The van der Waals surface area contributed by atoms with Gasteiger partial charge in [0.15, 0.2) is 11.5 Å². The zero-order valence-electron chi connectivity index (χ0n) is 20.8. The number of para-hydroxylation sites is 1. The van der Waals surface area contributed by atoms with E-state index >= 15 is 0 Å². The van der Waals surface area contributed by atoms with Crippen LogP contribution in [-0.2, 0) is 4.74 Å². The number of rotatable bonds is 11. The van der Waals surface area contributed by atoms with E-state index in [1.54, 1.807) is 0 Å². The van der Waals surface area contributed by atoms with Crippen LogP contribution in [0.1, 0.15) is 36.5 Å². The first-order valence-corrected chi connectivity index (χ1v) is 12.9. The van der Waals surface area contributed by atoms with Gasteiger partial charge in [-0.2, -0.15) is 0 Å². The summed E-state index contributed by atoms with van der Waals surface area (Å²) in [5, 5.41) is 0. The molecule has 2 saturated heterocycles.